The minimum atomic E-state index is -0.567. The van der Waals surface area contributed by atoms with Gasteiger partial charge in [-0.15, -0.1) is 0 Å². The highest BCUT2D eigenvalue weighted by Crippen LogP contribution is 2.31. The minimum Gasteiger partial charge on any atom is -0.461 e. The summed E-state index contributed by atoms with van der Waals surface area (Å²) in [5.74, 6) is -1.09. The van der Waals surface area contributed by atoms with Crippen molar-refractivity contribution in [3.8, 4) is 0 Å². The Hall–Kier alpha value is -2.69. The maximum atomic E-state index is 12.8. The molecule has 0 bridgehead atoms. The van der Waals surface area contributed by atoms with Gasteiger partial charge in [-0.25, -0.2) is 4.79 Å². The number of hydrogen-bond donors (Lipinski definition) is 0. The van der Waals surface area contributed by atoms with E-state index < -0.39 is 5.97 Å². The molecule has 1 heterocycles. The Morgan fingerprint density at radius 2 is 1.70 bits per heavy atom. The zero-order chi connectivity index (χ0) is 16.6. The van der Waals surface area contributed by atoms with E-state index in [0.717, 1.165) is 6.42 Å². The van der Waals surface area contributed by atoms with Crippen LogP contribution in [0.5, 0.6) is 0 Å². The lowest BCUT2D eigenvalue weighted by atomic mass is 9.85. The van der Waals surface area contributed by atoms with Gasteiger partial charge < -0.3 is 9.30 Å². The van der Waals surface area contributed by atoms with Crippen molar-refractivity contribution in [3.63, 3.8) is 0 Å². The number of hydrogen-bond acceptors (Lipinski definition) is 4. The van der Waals surface area contributed by atoms with E-state index in [9.17, 15) is 14.4 Å². The Morgan fingerprint density at radius 3 is 2.30 bits per heavy atom. The van der Waals surface area contributed by atoms with Crippen molar-refractivity contribution in [1.29, 1.82) is 0 Å². The van der Waals surface area contributed by atoms with Gasteiger partial charge in [0, 0.05) is 23.9 Å². The summed E-state index contributed by atoms with van der Waals surface area (Å²) in [6.45, 7) is 4.42. The average molecular weight is 311 g/mol. The van der Waals surface area contributed by atoms with Gasteiger partial charge in [-0.3, -0.25) is 9.59 Å². The Bertz CT molecular complexity index is 816. The van der Waals surface area contributed by atoms with Gasteiger partial charge in [-0.2, -0.15) is 0 Å². The van der Waals surface area contributed by atoms with Gasteiger partial charge in [0.05, 0.1) is 17.7 Å². The minimum absolute atomic E-state index is 0.167. The van der Waals surface area contributed by atoms with Crippen LogP contribution in [0.1, 0.15) is 62.6 Å². The number of ether oxygens (including phenoxy) is 1. The number of carbonyl (C=O) groups is 3. The predicted octanol–water partition coefficient (Wildman–Crippen LogP) is 2.85. The standard InChI is InChI=1S/C18H17NO4/c1-3-9-19-10-13-14(15(19)18(22)23-4-2)17(21)12-8-6-5-7-11(12)16(13)20/h5-8,10H,3-4,9H2,1-2H3. The third kappa shape index (κ3) is 2.29. The maximum absolute atomic E-state index is 12.8. The molecule has 5 nitrogen and oxygen atoms in total. The first-order chi connectivity index (χ1) is 11.1. The molecule has 0 amide bonds. The van der Waals surface area contributed by atoms with Crippen LogP contribution in [0.15, 0.2) is 30.5 Å². The largest absolute Gasteiger partial charge is 0.461 e. The van der Waals surface area contributed by atoms with Crippen LogP contribution in [0.2, 0.25) is 0 Å². The zero-order valence-corrected chi connectivity index (χ0v) is 13.1. The van der Waals surface area contributed by atoms with Crippen LogP contribution in [0, 0.1) is 0 Å². The van der Waals surface area contributed by atoms with Gasteiger partial charge in [0.2, 0.25) is 0 Å². The van der Waals surface area contributed by atoms with Crippen molar-refractivity contribution in [2.24, 2.45) is 0 Å². The van der Waals surface area contributed by atoms with Crippen LogP contribution in [-0.2, 0) is 11.3 Å². The molecule has 0 radical (unpaired) electrons. The Labute approximate surface area is 133 Å². The number of rotatable bonds is 4. The second kappa shape index (κ2) is 5.83. The van der Waals surface area contributed by atoms with Crippen LogP contribution < -0.4 is 0 Å². The second-order valence-electron chi connectivity index (χ2n) is 5.38. The first-order valence-corrected chi connectivity index (χ1v) is 7.68. The number of aromatic nitrogens is 1. The molecule has 3 rings (SSSR count). The highest BCUT2D eigenvalue weighted by molar-refractivity contribution is 6.30. The molecule has 0 saturated heterocycles. The summed E-state index contributed by atoms with van der Waals surface area (Å²) in [5.41, 5.74) is 1.35. The number of carbonyl (C=O) groups excluding carboxylic acids is 3. The molecule has 1 aromatic heterocycles. The number of ketones is 2. The number of esters is 1. The van der Waals surface area contributed by atoms with E-state index in [1.807, 2.05) is 6.92 Å². The summed E-state index contributed by atoms with van der Waals surface area (Å²) in [6.07, 6.45) is 2.37. The lowest BCUT2D eigenvalue weighted by Crippen LogP contribution is -2.22. The lowest BCUT2D eigenvalue weighted by molar-refractivity contribution is 0.0510. The van der Waals surface area contributed by atoms with Crippen LogP contribution in [-0.4, -0.2) is 28.7 Å². The molecule has 0 fully saturated rings. The smallest absolute Gasteiger partial charge is 0.355 e. The van der Waals surface area contributed by atoms with E-state index >= 15 is 0 Å². The highest BCUT2D eigenvalue weighted by Gasteiger charge is 2.36. The van der Waals surface area contributed by atoms with Gasteiger partial charge >= 0.3 is 5.97 Å². The molecule has 118 valence electrons. The van der Waals surface area contributed by atoms with Gasteiger partial charge in [-0.1, -0.05) is 31.2 Å². The van der Waals surface area contributed by atoms with E-state index in [0.29, 0.717) is 17.7 Å². The molecule has 0 unspecified atom stereocenters. The van der Waals surface area contributed by atoms with Crippen LogP contribution in [0.4, 0.5) is 0 Å². The first kappa shape index (κ1) is 15.2. The number of aryl methyl sites for hydroxylation is 1. The fraction of sp³-hybridized carbons (Fsp3) is 0.278. The van der Waals surface area contributed by atoms with Crippen molar-refractivity contribution in [1.82, 2.24) is 4.57 Å². The topological polar surface area (TPSA) is 65.4 Å². The van der Waals surface area contributed by atoms with Crippen LogP contribution in [0.25, 0.3) is 0 Å². The van der Waals surface area contributed by atoms with E-state index in [4.69, 9.17) is 4.74 Å². The van der Waals surface area contributed by atoms with Gasteiger partial charge in [0.25, 0.3) is 0 Å². The summed E-state index contributed by atoms with van der Waals surface area (Å²) >= 11 is 0. The predicted molar refractivity (Wildman–Crippen MR) is 84.0 cm³/mol. The molecule has 0 atom stereocenters. The Kier molecular flexibility index (Phi) is 3.86. The fourth-order valence-electron chi connectivity index (χ4n) is 2.95. The molecule has 23 heavy (non-hydrogen) atoms. The molecule has 1 aliphatic rings. The number of fused-ring (bicyclic) bond motifs is 2. The summed E-state index contributed by atoms with van der Waals surface area (Å²) in [5, 5.41) is 0. The van der Waals surface area contributed by atoms with Gasteiger partial charge in [0.15, 0.2) is 11.6 Å². The molecule has 1 aromatic carbocycles. The quantitative estimate of drug-likeness (QED) is 0.695. The molecule has 2 aromatic rings. The third-order valence-corrected chi connectivity index (χ3v) is 3.90. The lowest BCUT2D eigenvalue weighted by Gasteiger charge is -2.15. The van der Waals surface area contributed by atoms with E-state index in [1.54, 1.807) is 42.0 Å². The molecular weight excluding hydrogens is 294 g/mol. The summed E-state index contributed by atoms with van der Waals surface area (Å²) < 4.78 is 6.74. The van der Waals surface area contributed by atoms with E-state index in [1.165, 1.54) is 0 Å². The van der Waals surface area contributed by atoms with Gasteiger partial charge in [0.1, 0.15) is 5.69 Å². The molecule has 0 N–H and O–H groups in total. The van der Waals surface area contributed by atoms with Crippen LogP contribution in [0.3, 0.4) is 0 Å². The van der Waals surface area contributed by atoms with Crippen molar-refractivity contribution >= 4 is 17.5 Å². The summed E-state index contributed by atoms with van der Waals surface area (Å²) in [7, 11) is 0. The molecule has 1 aliphatic carbocycles. The van der Waals surface area contributed by atoms with E-state index in [-0.39, 0.29) is 35.0 Å². The molecule has 0 spiro atoms. The molecule has 0 aliphatic heterocycles. The van der Waals surface area contributed by atoms with Crippen molar-refractivity contribution in [2.45, 2.75) is 26.8 Å². The second-order valence-corrected chi connectivity index (χ2v) is 5.38. The van der Waals surface area contributed by atoms with Crippen LogP contribution >= 0.6 is 0 Å². The Balaban J connectivity index is 2.24. The third-order valence-electron chi connectivity index (χ3n) is 3.90. The van der Waals surface area contributed by atoms with Crippen molar-refractivity contribution in [2.75, 3.05) is 6.61 Å². The maximum Gasteiger partial charge on any atom is 0.355 e. The normalized spacial score (nSPS) is 12.8. The number of benzene rings is 1. The zero-order valence-electron chi connectivity index (χ0n) is 13.1. The van der Waals surface area contributed by atoms with Gasteiger partial charge in [-0.05, 0) is 13.3 Å². The summed E-state index contributed by atoms with van der Waals surface area (Å²) in [6, 6.07) is 6.69. The first-order valence-electron chi connectivity index (χ1n) is 7.68. The SMILES string of the molecule is CCCn1cc2c(c1C(=O)OCC)C(=O)c1ccccc1C2=O. The van der Waals surface area contributed by atoms with E-state index in [2.05, 4.69) is 0 Å². The highest BCUT2D eigenvalue weighted by atomic mass is 16.5. The monoisotopic (exact) mass is 311 g/mol. The number of nitrogens with zero attached hydrogens (tertiary/aromatic N) is 1. The average Bonchev–Trinajstić information content (AvgIpc) is 2.93. The molecule has 0 saturated carbocycles. The molecule has 5 heteroatoms. The molecular formula is C18H17NO4. The Morgan fingerprint density at radius 1 is 1.04 bits per heavy atom. The van der Waals surface area contributed by atoms with Crippen molar-refractivity contribution in [3.05, 3.63) is 58.4 Å². The van der Waals surface area contributed by atoms with Crippen molar-refractivity contribution < 1.29 is 19.1 Å². The summed E-state index contributed by atoms with van der Waals surface area (Å²) in [4.78, 5) is 37.8. The fourth-order valence-corrected chi connectivity index (χ4v) is 2.95.